The minimum Gasteiger partial charge on any atom is -0.324 e. The maximum absolute atomic E-state index is 12.5. The number of carbonyl (C=O) groups excluding carboxylic acids is 1. The fourth-order valence-electron chi connectivity index (χ4n) is 3.51. The minimum absolute atomic E-state index is 0.111. The molecule has 0 aliphatic carbocycles. The first-order chi connectivity index (χ1) is 11.5. The summed E-state index contributed by atoms with van der Waals surface area (Å²) >= 11 is 0. The van der Waals surface area contributed by atoms with Crippen LogP contribution in [0.2, 0.25) is 0 Å². The van der Waals surface area contributed by atoms with Crippen molar-refractivity contribution in [3.8, 4) is 0 Å². The van der Waals surface area contributed by atoms with Crippen molar-refractivity contribution in [2.45, 2.75) is 46.0 Å². The molecule has 1 heterocycles. The van der Waals surface area contributed by atoms with Crippen LogP contribution in [0, 0.1) is 12.8 Å². The van der Waals surface area contributed by atoms with Gasteiger partial charge in [-0.2, -0.15) is 0 Å². The van der Waals surface area contributed by atoms with Gasteiger partial charge in [-0.3, -0.25) is 9.69 Å². The second-order valence-electron chi connectivity index (χ2n) is 7.35. The van der Waals surface area contributed by atoms with E-state index in [1.807, 2.05) is 7.05 Å². The van der Waals surface area contributed by atoms with Crippen LogP contribution in [0.5, 0.6) is 0 Å². The topological polar surface area (TPSA) is 44.4 Å². The molecule has 4 heteroatoms. The summed E-state index contributed by atoms with van der Waals surface area (Å²) in [7, 11) is 2.01. The highest BCUT2D eigenvalue weighted by Crippen LogP contribution is 2.27. The van der Waals surface area contributed by atoms with Gasteiger partial charge in [0.1, 0.15) is 0 Å². The highest BCUT2D eigenvalue weighted by molar-refractivity contribution is 5.93. The molecule has 0 saturated carbocycles. The molecule has 2 N–H and O–H groups in total. The number of benzene rings is 1. The minimum atomic E-state index is 0.111. The van der Waals surface area contributed by atoms with Crippen LogP contribution in [0.25, 0.3) is 0 Å². The molecule has 1 saturated heterocycles. The van der Waals surface area contributed by atoms with Crippen LogP contribution in [0.1, 0.15) is 50.2 Å². The largest absolute Gasteiger partial charge is 0.324 e. The molecule has 134 valence electrons. The summed E-state index contributed by atoms with van der Waals surface area (Å²) in [6.07, 6.45) is 3.66. The molecule has 1 aliphatic heterocycles. The number of amides is 1. The van der Waals surface area contributed by atoms with Crippen molar-refractivity contribution in [2.24, 2.45) is 5.92 Å². The summed E-state index contributed by atoms with van der Waals surface area (Å²) in [6, 6.07) is 6.24. The van der Waals surface area contributed by atoms with Crippen LogP contribution in [-0.4, -0.2) is 44.0 Å². The highest BCUT2D eigenvalue weighted by atomic mass is 16.2. The molecule has 1 aliphatic rings. The Bertz CT molecular complexity index is 534. The lowest BCUT2D eigenvalue weighted by Gasteiger charge is -2.31. The molecule has 4 nitrogen and oxygen atoms in total. The molecule has 0 radical (unpaired) electrons. The van der Waals surface area contributed by atoms with Gasteiger partial charge in [-0.1, -0.05) is 32.0 Å². The number of aryl methyl sites for hydroxylation is 1. The lowest BCUT2D eigenvalue weighted by atomic mass is 9.93. The highest BCUT2D eigenvalue weighted by Gasteiger charge is 2.21. The van der Waals surface area contributed by atoms with Crippen molar-refractivity contribution >= 4 is 11.6 Å². The standard InChI is InChI=1S/C20H33N3O/c1-15(2)18-7-5-6-16(3)20(18)22-19(24)14-23-12-9-17(10-13-23)8-11-21-4/h5-7,15,17,21H,8-14H2,1-4H3,(H,22,24). The van der Waals surface area contributed by atoms with Gasteiger partial charge in [0.15, 0.2) is 0 Å². The Hall–Kier alpha value is -1.39. The Morgan fingerprint density at radius 2 is 2.00 bits per heavy atom. The first-order valence-electron chi connectivity index (χ1n) is 9.27. The van der Waals surface area contributed by atoms with E-state index in [2.05, 4.69) is 54.5 Å². The van der Waals surface area contributed by atoms with Gasteiger partial charge < -0.3 is 10.6 Å². The van der Waals surface area contributed by atoms with Crippen molar-refractivity contribution in [3.63, 3.8) is 0 Å². The third-order valence-corrected chi connectivity index (χ3v) is 5.07. The van der Waals surface area contributed by atoms with Gasteiger partial charge in [0.2, 0.25) is 5.91 Å². The van der Waals surface area contributed by atoms with E-state index in [4.69, 9.17) is 0 Å². The number of para-hydroxylation sites is 1. The quantitative estimate of drug-likeness (QED) is 0.805. The molecule has 0 atom stereocenters. The Labute approximate surface area is 147 Å². The molecule has 2 rings (SSSR count). The molecule has 0 spiro atoms. The number of piperidine rings is 1. The monoisotopic (exact) mass is 331 g/mol. The summed E-state index contributed by atoms with van der Waals surface area (Å²) in [6.45, 7) is 10.1. The molecular weight excluding hydrogens is 298 g/mol. The fraction of sp³-hybridized carbons (Fsp3) is 0.650. The lowest BCUT2D eigenvalue weighted by molar-refractivity contribution is -0.117. The zero-order chi connectivity index (χ0) is 17.5. The Morgan fingerprint density at radius 1 is 1.29 bits per heavy atom. The number of hydrogen-bond donors (Lipinski definition) is 2. The van der Waals surface area contributed by atoms with E-state index >= 15 is 0 Å². The van der Waals surface area contributed by atoms with Crippen molar-refractivity contribution in [2.75, 3.05) is 38.5 Å². The van der Waals surface area contributed by atoms with E-state index in [-0.39, 0.29) is 5.91 Å². The van der Waals surface area contributed by atoms with Crippen molar-refractivity contribution < 1.29 is 4.79 Å². The van der Waals surface area contributed by atoms with E-state index in [9.17, 15) is 4.79 Å². The summed E-state index contributed by atoms with van der Waals surface area (Å²) in [5.74, 6) is 1.32. The molecule has 0 unspecified atom stereocenters. The smallest absolute Gasteiger partial charge is 0.238 e. The van der Waals surface area contributed by atoms with Crippen LogP contribution in [0.15, 0.2) is 18.2 Å². The fourth-order valence-corrected chi connectivity index (χ4v) is 3.51. The Morgan fingerprint density at radius 3 is 2.62 bits per heavy atom. The number of carbonyl (C=O) groups is 1. The first kappa shape index (κ1) is 18.9. The average Bonchev–Trinajstić information content (AvgIpc) is 2.56. The third kappa shape index (κ3) is 5.32. The first-order valence-corrected chi connectivity index (χ1v) is 9.27. The number of hydrogen-bond acceptors (Lipinski definition) is 3. The number of nitrogens with zero attached hydrogens (tertiary/aromatic N) is 1. The second-order valence-corrected chi connectivity index (χ2v) is 7.35. The molecule has 1 aromatic rings. The van der Waals surface area contributed by atoms with E-state index in [0.29, 0.717) is 12.5 Å². The zero-order valence-corrected chi connectivity index (χ0v) is 15.7. The van der Waals surface area contributed by atoms with Gasteiger partial charge in [0.25, 0.3) is 0 Å². The van der Waals surface area contributed by atoms with Crippen LogP contribution in [0.4, 0.5) is 5.69 Å². The van der Waals surface area contributed by atoms with Crippen LogP contribution in [0.3, 0.4) is 0 Å². The molecule has 0 bridgehead atoms. The summed E-state index contributed by atoms with van der Waals surface area (Å²) in [5, 5.41) is 6.39. The normalized spacial score (nSPS) is 16.5. The average molecular weight is 332 g/mol. The van der Waals surface area contributed by atoms with Gasteiger partial charge in [0, 0.05) is 5.69 Å². The molecule has 0 aromatic heterocycles. The molecule has 1 aromatic carbocycles. The van der Waals surface area contributed by atoms with Crippen molar-refractivity contribution in [1.82, 2.24) is 10.2 Å². The number of anilines is 1. The van der Waals surface area contributed by atoms with E-state index < -0.39 is 0 Å². The Balaban J connectivity index is 1.87. The third-order valence-electron chi connectivity index (χ3n) is 5.07. The van der Waals surface area contributed by atoms with Crippen molar-refractivity contribution in [1.29, 1.82) is 0 Å². The van der Waals surface area contributed by atoms with Gasteiger partial charge in [0.05, 0.1) is 6.54 Å². The zero-order valence-electron chi connectivity index (χ0n) is 15.7. The molecule has 1 amide bonds. The van der Waals surface area contributed by atoms with Gasteiger partial charge >= 0.3 is 0 Å². The van der Waals surface area contributed by atoms with Gasteiger partial charge in [-0.25, -0.2) is 0 Å². The van der Waals surface area contributed by atoms with Crippen LogP contribution < -0.4 is 10.6 Å². The molecular formula is C20H33N3O. The lowest BCUT2D eigenvalue weighted by Crippen LogP contribution is -2.39. The maximum Gasteiger partial charge on any atom is 0.238 e. The molecule has 24 heavy (non-hydrogen) atoms. The van der Waals surface area contributed by atoms with Crippen LogP contribution in [-0.2, 0) is 4.79 Å². The van der Waals surface area contributed by atoms with E-state index in [0.717, 1.165) is 36.8 Å². The van der Waals surface area contributed by atoms with Crippen LogP contribution >= 0.6 is 0 Å². The predicted molar refractivity (Wildman–Crippen MR) is 102 cm³/mol. The van der Waals surface area contributed by atoms with Gasteiger partial charge in [-0.05, 0) is 75.8 Å². The number of nitrogens with one attached hydrogen (secondary N) is 2. The Kier molecular flexibility index (Phi) is 7.25. The predicted octanol–water partition coefficient (Wildman–Crippen LogP) is 3.38. The number of rotatable bonds is 7. The number of likely N-dealkylation sites (tertiary alicyclic amines) is 1. The van der Waals surface area contributed by atoms with E-state index in [1.165, 1.54) is 24.8 Å². The van der Waals surface area contributed by atoms with Crippen molar-refractivity contribution in [3.05, 3.63) is 29.3 Å². The second kappa shape index (κ2) is 9.19. The molecule has 1 fully saturated rings. The van der Waals surface area contributed by atoms with E-state index in [1.54, 1.807) is 0 Å². The summed E-state index contributed by atoms with van der Waals surface area (Å²) in [5.41, 5.74) is 3.36. The summed E-state index contributed by atoms with van der Waals surface area (Å²) in [4.78, 5) is 14.8. The maximum atomic E-state index is 12.5. The summed E-state index contributed by atoms with van der Waals surface area (Å²) < 4.78 is 0. The SMILES string of the molecule is CNCCC1CCN(CC(=O)Nc2c(C)cccc2C(C)C)CC1. The van der Waals surface area contributed by atoms with Gasteiger partial charge in [-0.15, -0.1) is 0 Å².